The van der Waals surface area contributed by atoms with Crippen molar-refractivity contribution in [1.82, 2.24) is 10.8 Å². The van der Waals surface area contributed by atoms with Crippen LogP contribution in [0.3, 0.4) is 0 Å². The lowest BCUT2D eigenvalue weighted by Crippen LogP contribution is -2.44. The Labute approximate surface area is 206 Å². The molecule has 1 aliphatic heterocycles. The van der Waals surface area contributed by atoms with E-state index in [0.717, 1.165) is 55.9 Å². The van der Waals surface area contributed by atoms with Gasteiger partial charge in [0.05, 0.1) is 0 Å². The van der Waals surface area contributed by atoms with E-state index in [2.05, 4.69) is 29.3 Å². The third-order valence-electron chi connectivity index (χ3n) is 6.46. The summed E-state index contributed by atoms with van der Waals surface area (Å²) in [6.07, 6.45) is 4.46. The van der Waals surface area contributed by atoms with Crippen LogP contribution in [0.1, 0.15) is 53.2 Å². The highest BCUT2D eigenvalue weighted by atomic mass is 16.5. The first kappa shape index (κ1) is 26.1. The van der Waals surface area contributed by atoms with Crippen LogP contribution >= 0.6 is 0 Å². The maximum absolute atomic E-state index is 12.8. The summed E-state index contributed by atoms with van der Waals surface area (Å²) in [5.74, 6) is 2.80. The van der Waals surface area contributed by atoms with Gasteiger partial charge in [-0.15, -0.1) is 0 Å². The van der Waals surface area contributed by atoms with Crippen molar-refractivity contribution in [3.63, 3.8) is 0 Å². The van der Waals surface area contributed by atoms with E-state index in [0.29, 0.717) is 5.56 Å². The van der Waals surface area contributed by atoms with Gasteiger partial charge in [0.25, 0.3) is 5.91 Å². The molecule has 0 saturated carbocycles. The highest BCUT2D eigenvalue weighted by Gasteiger charge is 2.36. The second-order valence-corrected chi connectivity index (χ2v) is 8.84. The van der Waals surface area contributed by atoms with Crippen LogP contribution in [0.4, 0.5) is 0 Å². The summed E-state index contributed by atoms with van der Waals surface area (Å²) in [6, 6.07) is 15.0. The Morgan fingerprint density at radius 1 is 1.03 bits per heavy atom. The van der Waals surface area contributed by atoms with Crippen LogP contribution in [0.25, 0.3) is 0 Å². The van der Waals surface area contributed by atoms with E-state index in [1.165, 1.54) is 25.0 Å². The molecule has 0 radical (unpaired) electrons. The van der Waals surface area contributed by atoms with Gasteiger partial charge in [-0.3, -0.25) is 19.6 Å². The molecule has 184 valence electrons. The number of ketones is 1. The average Bonchev–Trinajstić information content (AvgIpc) is 2.91. The summed E-state index contributed by atoms with van der Waals surface area (Å²) < 4.78 is 5.44. The van der Waals surface area contributed by atoms with Crippen molar-refractivity contribution in [3.8, 4) is 11.8 Å². The molecule has 3 N–H and O–H groups in total. The first-order valence-corrected chi connectivity index (χ1v) is 11.9. The molecule has 2 aromatic carbocycles. The molecule has 2 amide bonds. The number of aryl methyl sites for hydroxylation is 1. The Morgan fingerprint density at radius 3 is 2.37 bits per heavy atom. The summed E-state index contributed by atoms with van der Waals surface area (Å²) in [7, 11) is 1.37. The summed E-state index contributed by atoms with van der Waals surface area (Å²) in [6.45, 7) is 3.22. The topological polar surface area (TPSA) is 105 Å². The van der Waals surface area contributed by atoms with Crippen LogP contribution in [-0.2, 0) is 20.7 Å². The van der Waals surface area contributed by atoms with Crippen molar-refractivity contribution in [2.45, 2.75) is 32.6 Å². The smallest absolute Gasteiger partial charge is 0.256 e. The Balaban J connectivity index is 1.64. The van der Waals surface area contributed by atoms with Gasteiger partial charge in [-0.1, -0.05) is 43.0 Å². The van der Waals surface area contributed by atoms with Gasteiger partial charge in [0.1, 0.15) is 5.92 Å². The van der Waals surface area contributed by atoms with E-state index >= 15 is 0 Å². The standard InChI is InChI=1S/C28H32N2O5/c1-19(25(27(32)29-2)28(33)30-34)26(31)24-12-10-20(11-13-24)6-8-22-4-3-5-23(18-22)9-7-21-14-16-35-17-15-21/h3-5,10-13,18-19,21,25,34H,7,9,14-17H2,1-2H3,(H,29,32)(H,30,33). The van der Waals surface area contributed by atoms with Gasteiger partial charge >= 0.3 is 0 Å². The second-order valence-electron chi connectivity index (χ2n) is 8.84. The number of hydrogen-bond donors (Lipinski definition) is 3. The number of nitrogens with one attached hydrogen (secondary N) is 2. The molecule has 1 heterocycles. The molecular formula is C28H32N2O5. The van der Waals surface area contributed by atoms with E-state index in [1.807, 2.05) is 12.1 Å². The van der Waals surface area contributed by atoms with Crippen molar-refractivity contribution < 1.29 is 24.3 Å². The van der Waals surface area contributed by atoms with Crippen LogP contribution in [0.5, 0.6) is 0 Å². The maximum atomic E-state index is 12.8. The van der Waals surface area contributed by atoms with E-state index in [1.54, 1.807) is 24.3 Å². The van der Waals surface area contributed by atoms with Gasteiger partial charge in [-0.05, 0) is 61.4 Å². The number of hydrogen-bond acceptors (Lipinski definition) is 5. The number of benzene rings is 2. The minimum absolute atomic E-state index is 0.359. The van der Waals surface area contributed by atoms with Crippen LogP contribution in [0.2, 0.25) is 0 Å². The third kappa shape index (κ3) is 7.25. The molecule has 7 heteroatoms. The van der Waals surface area contributed by atoms with Gasteiger partial charge in [-0.25, -0.2) is 5.48 Å². The number of carbonyl (C=O) groups is 3. The van der Waals surface area contributed by atoms with Crippen molar-refractivity contribution in [1.29, 1.82) is 0 Å². The molecule has 2 aromatic rings. The predicted molar refractivity (Wildman–Crippen MR) is 132 cm³/mol. The fraction of sp³-hybridized carbons (Fsp3) is 0.393. The van der Waals surface area contributed by atoms with Crippen LogP contribution in [-0.4, -0.2) is 43.1 Å². The minimum Gasteiger partial charge on any atom is -0.381 e. The fourth-order valence-electron chi connectivity index (χ4n) is 4.29. The van der Waals surface area contributed by atoms with Crippen molar-refractivity contribution in [3.05, 3.63) is 70.8 Å². The Morgan fingerprint density at radius 2 is 1.71 bits per heavy atom. The van der Waals surface area contributed by atoms with Crippen molar-refractivity contribution in [2.24, 2.45) is 17.8 Å². The molecule has 1 aliphatic rings. The fourth-order valence-corrected chi connectivity index (χ4v) is 4.29. The SMILES string of the molecule is CNC(=O)C(C(=O)NO)C(C)C(=O)c1ccc(C#Cc2cccc(CCC3CCOCC3)c2)cc1. The third-order valence-corrected chi connectivity index (χ3v) is 6.46. The number of Topliss-reactive ketones (excluding diaryl/α,β-unsaturated/α-hetero) is 1. The van der Waals surface area contributed by atoms with E-state index < -0.39 is 23.7 Å². The highest BCUT2D eigenvalue weighted by Crippen LogP contribution is 2.21. The molecule has 3 rings (SSSR count). The zero-order valence-corrected chi connectivity index (χ0v) is 20.2. The Hall–Kier alpha value is -3.47. The van der Waals surface area contributed by atoms with Gasteiger partial charge in [0, 0.05) is 42.9 Å². The number of amides is 2. The lowest BCUT2D eigenvalue weighted by Gasteiger charge is -2.21. The number of carbonyl (C=O) groups excluding carboxylic acids is 3. The molecule has 7 nitrogen and oxygen atoms in total. The minimum atomic E-state index is -1.34. The monoisotopic (exact) mass is 476 g/mol. The molecule has 2 unspecified atom stereocenters. The normalized spacial score (nSPS) is 15.3. The molecule has 1 fully saturated rings. The number of hydroxylamine groups is 1. The van der Waals surface area contributed by atoms with Crippen molar-refractivity contribution in [2.75, 3.05) is 20.3 Å². The quantitative estimate of drug-likeness (QED) is 0.179. The van der Waals surface area contributed by atoms with Crippen LogP contribution in [0.15, 0.2) is 48.5 Å². The van der Waals surface area contributed by atoms with E-state index in [4.69, 9.17) is 9.94 Å². The lowest BCUT2D eigenvalue weighted by molar-refractivity contribution is -0.142. The van der Waals surface area contributed by atoms with Crippen molar-refractivity contribution >= 4 is 17.6 Å². The largest absolute Gasteiger partial charge is 0.381 e. The van der Waals surface area contributed by atoms with E-state index in [9.17, 15) is 14.4 Å². The molecule has 0 aromatic heterocycles. The van der Waals surface area contributed by atoms with Gasteiger partial charge in [0.15, 0.2) is 5.78 Å². The highest BCUT2D eigenvalue weighted by molar-refractivity contribution is 6.08. The first-order valence-electron chi connectivity index (χ1n) is 11.9. The van der Waals surface area contributed by atoms with Crippen LogP contribution < -0.4 is 10.8 Å². The Bertz CT molecular complexity index is 1080. The molecular weight excluding hydrogens is 444 g/mol. The average molecular weight is 477 g/mol. The number of rotatable bonds is 8. The zero-order valence-electron chi connectivity index (χ0n) is 20.2. The molecule has 1 saturated heterocycles. The van der Waals surface area contributed by atoms with Gasteiger partial charge in [-0.2, -0.15) is 0 Å². The summed E-state index contributed by atoms with van der Waals surface area (Å²) in [5.41, 5.74) is 4.78. The Kier molecular flexibility index (Phi) is 9.59. The molecule has 0 spiro atoms. The predicted octanol–water partition coefficient (Wildman–Crippen LogP) is 3.13. The lowest BCUT2D eigenvalue weighted by atomic mass is 9.85. The zero-order chi connectivity index (χ0) is 25.2. The molecule has 2 atom stereocenters. The van der Waals surface area contributed by atoms with Gasteiger partial charge < -0.3 is 10.1 Å². The molecule has 35 heavy (non-hydrogen) atoms. The number of ether oxygens (including phenoxy) is 1. The first-order chi connectivity index (χ1) is 16.9. The molecule has 0 aliphatic carbocycles. The summed E-state index contributed by atoms with van der Waals surface area (Å²) >= 11 is 0. The second kappa shape index (κ2) is 12.8. The summed E-state index contributed by atoms with van der Waals surface area (Å²) in [4.78, 5) is 36.8. The molecule has 0 bridgehead atoms. The van der Waals surface area contributed by atoms with Crippen LogP contribution in [0, 0.1) is 29.6 Å². The maximum Gasteiger partial charge on any atom is 0.256 e. The summed E-state index contributed by atoms with van der Waals surface area (Å²) in [5, 5.41) is 11.3. The van der Waals surface area contributed by atoms with E-state index in [-0.39, 0.29) is 5.78 Å². The van der Waals surface area contributed by atoms with Gasteiger partial charge in [0.2, 0.25) is 5.91 Å².